The Kier molecular flexibility index (Phi) is 5.50. The van der Waals surface area contributed by atoms with E-state index in [9.17, 15) is 4.79 Å². The molecular weight excluding hydrogens is 402 g/mol. The number of likely N-dealkylation sites (N-methyl/N-ethyl adjacent to an activating group) is 1. The summed E-state index contributed by atoms with van der Waals surface area (Å²) < 4.78 is 19.0. The number of ether oxygens (including phenoxy) is 3. The van der Waals surface area contributed by atoms with E-state index in [2.05, 4.69) is 37.1 Å². The van der Waals surface area contributed by atoms with Gasteiger partial charge in [-0.1, -0.05) is 36.4 Å². The maximum absolute atomic E-state index is 12.9. The highest BCUT2D eigenvalue weighted by Gasteiger charge is 2.66. The number of fused-ring (bicyclic) bond motifs is 1. The number of piperidine rings is 1. The molecule has 3 aliphatic rings. The average molecular weight is 436 g/mol. The second-order valence-corrected chi connectivity index (χ2v) is 9.48. The van der Waals surface area contributed by atoms with Gasteiger partial charge < -0.3 is 19.1 Å². The lowest BCUT2D eigenvalue weighted by atomic mass is 9.49. The average Bonchev–Trinajstić information content (AvgIpc) is 2.81. The van der Waals surface area contributed by atoms with E-state index in [-0.39, 0.29) is 17.1 Å². The fourth-order valence-electron chi connectivity index (χ4n) is 6.67. The predicted molar refractivity (Wildman–Crippen MR) is 123 cm³/mol. The van der Waals surface area contributed by atoms with Crippen LogP contribution >= 0.6 is 0 Å². The van der Waals surface area contributed by atoms with E-state index in [4.69, 9.17) is 14.2 Å². The highest BCUT2D eigenvalue weighted by molar-refractivity contribution is 5.83. The number of Topliss-reactive ketones (excluding diaryl/α,β-unsaturated/α-hetero) is 1. The summed E-state index contributed by atoms with van der Waals surface area (Å²) in [4.78, 5) is 15.3. The summed E-state index contributed by atoms with van der Waals surface area (Å²) in [5.74, 6) is 1.85. The maximum atomic E-state index is 12.9. The van der Waals surface area contributed by atoms with Crippen LogP contribution in [0, 0.1) is 0 Å². The minimum Gasteiger partial charge on any atom is -0.493 e. The summed E-state index contributed by atoms with van der Waals surface area (Å²) in [5, 5.41) is 0. The number of carbonyl (C=O) groups excluding carboxylic acids is 1. The number of likely N-dealkylation sites (tertiary alicyclic amines) is 1. The van der Waals surface area contributed by atoms with E-state index < -0.39 is 0 Å². The molecule has 2 bridgehead atoms. The van der Waals surface area contributed by atoms with Gasteiger partial charge in [0.05, 0.1) is 12.7 Å². The van der Waals surface area contributed by atoms with Gasteiger partial charge in [0, 0.05) is 36.5 Å². The monoisotopic (exact) mass is 435 g/mol. The van der Waals surface area contributed by atoms with Crippen LogP contribution in [0.3, 0.4) is 0 Å². The molecule has 1 aliphatic heterocycles. The van der Waals surface area contributed by atoms with Crippen molar-refractivity contribution in [2.24, 2.45) is 0 Å². The van der Waals surface area contributed by atoms with Crippen LogP contribution in [0.4, 0.5) is 0 Å². The van der Waals surface area contributed by atoms with Gasteiger partial charge in [-0.15, -0.1) is 0 Å². The van der Waals surface area contributed by atoms with Crippen molar-refractivity contribution in [3.8, 4) is 11.5 Å². The van der Waals surface area contributed by atoms with Gasteiger partial charge in [-0.05, 0) is 57.0 Å². The minimum absolute atomic E-state index is 0.262. The van der Waals surface area contributed by atoms with Gasteiger partial charge in [0.15, 0.2) is 11.5 Å². The van der Waals surface area contributed by atoms with Gasteiger partial charge >= 0.3 is 0 Å². The number of hydrogen-bond donors (Lipinski definition) is 0. The smallest absolute Gasteiger partial charge is 0.164 e. The first-order valence-electron chi connectivity index (χ1n) is 11.8. The molecule has 0 N–H and O–H groups in total. The number of hydrogen-bond acceptors (Lipinski definition) is 5. The largest absolute Gasteiger partial charge is 0.493 e. The van der Waals surface area contributed by atoms with Crippen LogP contribution in [0.5, 0.6) is 11.5 Å². The van der Waals surface area contributed by atoms with Gasteiger partial charge in [-0.2, -0.15) is 0 Å². The molecule has 0 amide bonds. The van der Waals surface area contributed by atoms with Crippen molar-refractivity contribution < 1.29 is 19.0 Å². The molecule has 5 heteroatoms. The van der Waals surface area contributed by atoms with E-state index in [1.807, 2.05) is 24.3 Å². The molecule has 5 rings (SSSR count). The number of benzene rings is 2. The third-order valence-electron chi connectivity index (χ3n) is 7.99. The van der Waals surface area contributed by atoms with Crippen LogP contribution in [0.1, 0.15) is 49.3 Å². The molecule has 2 aromatic carbocycles. The number of nitrogens with zero attached hydrogens (tertiary/aromatic N) is 1. The number of ketones is 1. The van der Waals surface area contributed by atoms with Crippen LogP contribution in [-0.2, 0) is 28.0 Å². The van der Waals surface area contributed by atoms with Crippen LogP contribution < -0.4 is 9.47 Å². The topological polar surface area (TPSA) is 48.0 Å². The van der Waals surface area contributed by atoms with Crippen molar-refractivity contribution in [1.82, 2.24) is 4.90 Å². The van der Waals surface area contributed by atoms with Crippen molar-refractivity contribution in [3.63, 3.8) is 0 Å². The van der Waals surface area contributed by atoms with E-state index in [1.54, 1.807) is 7.11 Å². The zero-order valence-electron chi connectivity index (χ0n) is 19.4. The van der Waals surface area contributed by atoms with Crippen molar-refractivity contribution in [1.29, 1.82) is 0 Å². The predicted octanol–water partition coefficient (Wildman–Crippen LogP) is 4.30. The second kappa shape index (κ2) is 8.20. The lowest BCUT2D eigenvalue weighted by Crippen LogP contribution is -2.73. The van der Waals surface area contributed by atoms with E-state index in [0.29, 0.717) is 31.8 Å². The second-order valence-electron chi connectivity index (χ2n) is 9.48. The molecule has 5 nitrogen and oxygen atoms in total. The lowest BCUT2D eigenvalue weighted by molar-refractivity contribution is -0.194. The molecule has 0 spiro atoms. The van der Waals surface area contributed by atoms with Gasteiger partial charge in [-0.25, -0.2) is 0 Å². The molecule has 1 saturated carbocycles. The molecule has 1 heterocycles. The zero-order chi connectivity index (χ0) is 22.3. The molecule has 3 atom stereocenters. The lowest BCUT2D eigenvalue weighted by Gasteiger charge is -2.64. The van der Waals surface area contributed by atoms with E-state index in [0.717, 1.165) is 48.4 Å². The molecule has 1 saturated heterocycles. The molecule has 170 valence electrons. The summed E-state index contributed by atoms with van der Waals surface area (Å²) in [6.45, 7) is 4.14. The number of rotatable bonds is 6. The van der Waals surface area contributed by atoms with E-state index in [1.165, 1.54) is 5.56 Å². The first-order valence-corrected chi connectivity index (χ1v) is 11.8. The minimum atomic E-state index is -0.374. The van der Waals surface area contributed by atoms with E-state index >= 15 is 0 Å². The quantitative estimate of drug-likeness (QED) is 0.677. The first kappa shape index (κ1) is 21.5. The Morgan fingerprint density at radius 3 is 2.69 bits per heavy atom. The summed E-state index contributed by atoms with van der Waals surface area (Å²) in [7, 11) is 3.92. The first-order chi connectivity index (χ1) is 15.5. The Balaban J connectivity index is 1.64. The summed E-state index contributed by atoms with van der Waals surface area (Å²) in [6, 6.07) is 14.6. The van der Waals surface area contributed by atoms with Crippen LogP contribution in [-0.4, -0.2) is 49.6 Å². The molecule has 0 aromatic heterocycles. The van der Waals surface area contributed by atoms with Crippen molar-refractivity contribution in [3.05, 3.63) is 59.2 Å². The van der Waals surface area contributed by atoms with Crippen molar-refractivity contribution in [2.45, 2.75) is 62.7 Å². The van der Waals surface area contributed by atoms with Crippen molar-refractivity contribution >= 4 is 5.78 Å². The molecule has 2 fully saturated rings. The molecule has 0 radical (unpaired) electrons. The fourth-order valence-corrected chi connectivity index (χ4v) is 6.67. The van der Waals surface area contributed by atoms with Crippen LogP contribution in [0.25, 0.3) is 0 Å². The highest BCUT2D eigenvalue weighted by atomic mass is 16.5. The Hall–Kier alpha value is -2.37. The van der Waals surface area contributed by atoms with Gasteiger partial charge in [0.25, 0.3) is 0 Å². The third-order valence-corrected chi connectivity index (χ3v) is 7.99. The molecule has 2 aliphatic carbocycles. The number of methoxy groups -OCH3 is 1. The Labute approximate surface area is 190 Å². The maximum Gasteiger partial charge on any atom is 0.164 e. The normalized spacial score (nSPS) is 29.2. The summed E-state index contributed by atoms with van der Waals surface area (Å²) in [5.41, 5.74) is 2.77. The van der Waals surface area contributed by atoms with Gasteiger partial charge in [0.1, 0.15) is 12.4 Å². The standard InChI is InChI=1S/C27H33NO4/c1-4-32-27-13-12-21(29)17-26(27)14-15-28(2)23(27)16-20-10-11-22(25(30-3)24(20)26)31-18-19-8-6-5-7-9-19/h5-11,23H,4,12-18H2,1-3H3/t23-,26+,27+/m0/s1. The zero-order valence-corrected chi connectivity index (χ0v) is 19.4. The van der Waals surface area contributed by atoms with Gasteiger partial charge in [0.2, 0.25) is 0 Å². The van der Waals surface area contributed by atoms with Crippen LogP contribution in [0.15, 0.2) is 42.5 Å². The fraction of sp³-hybridized carbons (Fsp3) is 0.519. The van der Waals surface area contributed by atoms with Crippen LogP contribution in [0.2, 0.25) is 0 Å². The SMILES string of the molecule is CCO[C@@]12CCC(=O)C[C@@]13CCN(C)[C@H]2Cc1ccc(OCc2ccccc2)c(OC)c13. The molecule has 2 aromatic rings. The summed E-state index contributed by atoms with van der Waals surface area (Å²) >= 11 is 0. The number of carbonyl (C=O) groups is 1. The third kappa shape index (κ3) is 3.09. The molecule has 32 heavy (non-hydrogen) atoms. The molecule has 0 unspecified atom stereocenters. The Morgan fingerprint density at radius 1 is 1.12 bits per heavy atom. The Morgan fingerprint density at radius 2 is 1.94 bits per heavy atom. The molecular formula is C27H33NO4. The summed E-state index contributed by atoms with van der Waals surface area (Å²) in [6.07, 6.45) is 3.66. The van der Waals surface area contributed by atoms with Crippen molar-refractivity contribution in [2.75, 3.05) is 27.3 Å². The Bertz CT molecular complexity index is 1010. The van der Waals surface area contributed by atoms with Gasteiger partial charge in [-0.3, -0.25) is 4.79 Å². The highest BCUT2D eigenvalue weighted by Crippen LogP contribution is 2.62.